The Balaban J connectivity index is 0.00000506. The van der Waals surface area contributed by atoms with Crippen LogP contribution in [0.4, 0.5) is 0 Å². The molecule has 0 radical (unpaired) electrons. The van der Waals surface area contributed by atoms with Crippen molar-refractivity contribution in [1.29, 1.82) is 0 Å². The fourth-order valence-electron chi connectivity index (χ4n) is 5.28. The molecule has 0 fully saturated rings. The molecule has 232 valence electrons. The van der Waals surface area contributed by atoms with Crippen molar-refractivity contribution in [2.45, 2.75) is 119 Å². The Kier molecular flexibility index (Phi) is 9.86. The van der Waals surface area contributed by atoms with Crippen LogP contribution in [0.5, 0.6) is 0 Å². The van der Waals surface area contributed by atoms with Gasteiger partial charge in [0, 0.05) is 11.9 Å². The molecule has 1 nitrogen and oxygen atoms in total. The van der Waals surface area contributed by atoms with E-state index >= 15 is 0 Å². The van der Waals surface area contributed by atoms with Gasteiger partial charge in [0.05, 0.1) is 16.0 Å². The molecular weight excluding hydrogens is 585 g/mol. The summed E-state index contributed by atoms with van der Waals surface area (Å²) in [7, 11) is 0. The Hall–Kier alpha value is -2.13. The van der Waals surface area contributed by atoms with Gasteiger partial charge < -0.3 is 12.4 Å². The van der Waals surface area contributed by atoms with Gasteiger partial charge in [0.2, 0.25) is 11.2 Å². The van der Waals surface area contributed by atoms with Crippen LogP contribution in [0.2, 0.25) is 5.02 Å². The highest BCUT2D eigenvalue weighted by atomic mass is 35.5. The van der Waals surface area contributed by atoms with Gasteiger partial charge >= 0.3 is 0 Å². The maximum atomic E-state index is 7.07. The van der Waals surface area contributed by atoms with Crippen molar-refractivity contribution in [2.75, 3.05) is 0 Å². The summed E-state index contributed by atoms with van der Waals surface area (Å²) in [6, 6.07) is 18.7. The highest BCUT2D eigenvalue weighted by Crippen LogP contribution is 2.42. The summed E-state index contributed by atoms with van der Waals surface area (Å²) in [6.07, 6.45) is 0. The van der Waals surface area contributed by atoms with E-state index in [0.717, 1.165) is 5.02 Å². The molecular formula is C39H51Cl2NS. The molecule has 3 aromatic carbocycles. The van der Waals surface area contributed by atoms with E-state index in [-0.39, 0.29) is 34.1 Å². The molecule has 4 aromatic rings. The summed E-state index contributed by atoms with van der Waals surface area (Å²) < 4.78 is 2.39. The molecule has 0 N–H and O–H groups in total. The maximum Gasteiger partial charge on any atom is 0.231 e. The topological polar surface area (TPSA) is 3.88 Å². The molecule has 1 aromatic heterocycles. The highest BCUT2D eigenvalue weighted by molar-refractivity contribution is 7.09. The number of aryl methyl sites for hydroxylation is 1. The first-order chi connectivity index (χ1) is 19.1. The Morgan fingerprint density at radius 3 is 1.12 bits per heavy atom. The average molecular weight is 637 g/mol. The SMILES string of the molecule is Cc1sc[n+](-c2c(-c3cc(C(C)(C)C)cc(C(C)(C)C)c3)cc(Cl)cc2-c2cc(C(C)(C)C)cc(C(C)(C)C)c2)c1C.[Cl-]. The number of rotatable bonds is 3. The highest BCUT2D eigenvalue weighted by Gasteiger charge is 2.30. The van der Waals surface area contributed by atoms with Gasteiger partial charge in [-0.1, -0.05) is 142 Å². The zero-order valence-corrected chi connectivity index (χ0v) is 31.1. The van der Waals surface area contributed by atoms with E-state index in [1.807, 2.05) is 0 Å². The molecule has 0 bridgehead atoms. The van der Waals surface area contributed by atoms with E-state index in [2.05, 4.69) is 156 Å². The van der Waals surface area contributed by atoms with Gasteiger partial charge in [-0.15, -0.1) is 0 Å². The third-order valence-electron chi connectivity index (χ3n) is 8.47. The lowest BCUT2D eigenvalue weighted by molar-refractivity contribution is -0.596. The van der Waals surface area contributed by atoms with Crippen LogP contribution in [0.1, 0.15) is 116 Å². The normalized spacial score (nSPS) is 12.8. The van der Waals surface area contributed by atoms with Crippen LogP contribution < -0.4 is 17.0 Å². The zero-order valence-electron chi connectivity index (χ0n) is 28.8. The third-order valence-corrected chi connectivity index (χ3v) is 9.66. The summed E-state index contributed by atoms with van der Waals surface area (Å²) >= 11 is 8.86. The fourth-order valence-corrected chi connectivity index (χ4v) is 6.30. The molecule has 0 amide bonds. The van der Waals surface area contributed by atoms with Gasteiger partial charge in [0.1, 0.15) is 0 Å². The number of thiazole rings is 1. The van der Waals surface area contributed by atoms with Crippen LogP contribution in [-0.4, -0.2) is 0 Å². The van der Waals surface area contributed by atoms with Gasteiger partial charge in [0.15, 0.2) is 5.69 Å². The van der Waals surface area contributed by atoms with Crippen LogP contribution in [0.15, 0.2) is 54.0 Å². The molecule has 0 saturated heterocycles. The first kappa shape index (κ1) is 35.4. The van der Waals surface area contributed by atoms with Crippen molar-refractivity contribution >= 4 is 22.9 Å². The lowest BCUT2D eigenvalue weighted by Gasteiger charge is -2.27. The largest absolute Gasteiger partial charge is 1.00 e. The monoisotopic (exact) mass is 635 g/mol. The quantitative estimate of drug-likeness (QED) is 0.198. The molecule has 0 aliphatic rings. The Morgan fingerprint density at radius 2 is 0.860 bits per heavy atom. The number of hydrogen-bond acceptors (Lipinski definition) is 1. The van der Waals surface area contributed by atoms with Crippen LogP contribution in [0, 0.1) is 13.8 Å². The van der Waals surface area contributed by atoms with E-state index in [9.17, 15) is 0 Å². The van der Waals surface area contributed by atoms with Crippen LogP contribution in [0.25, 0.3) is 27.9 Å². The average Bonchev–Trinajstić information content (AvgIpc) is 3.18. The van der Waals surface area contributed by atoms with Gasteiger partial charge in [-0.2, -0.15) is 4.57 Å². The molecule has 4 heteroatoms. The summed E-state index contributed by atoms with van der Waals surface area (Å²) in [5.41, 5.74) is 14.9. The zero-order chi connectivity index (χ0) is 31.6. The molecule has 4 rings (SSSR count). The first-order valence-electron chi connectivity index (χ1n) is 15.2. The van der Waals surface area contributed by atoms with Crippen molar-refractivity contribution in [2.24, 2.45) is 0 Å². The maximum absolute atomic E-state index is 7.07. The Labute approximate surface area is 277 Å². The van der Waals surface area contributed by atoms with E-state index in [1.54, 1.807) is 11.3 Å². The smallest absolute Gasteiger partial charge is 0.231 e. The van der Waals surface area contributed by atoms with Crippen molar-refractivity contribution in [1.82, 2.24) is 0 Å². The van der Waals surface area contributed by atoms with Gasteiger partial charge in [-0.3, -0.25) is 0 Å². The first-order valence-corrected chi connectivity index (χ1v) is 16.5. The minimum Gasteiger partial charge on any atom is -1.00 e. The summed E-state index contributed by atoms with van der Waals surface area (Å²) in [6.45, 7) is 32.1. The molecule has 0 atom stereocenters. The van der Waals surface area contributed by atoms with Crippen molar-refractivity contribution in [3.63, 3.8) is 0 Å². The second kappa shape index (κ2) is 12.0. The molecule has 0 spiro atoms. The lowest BCUT2D eigenvalue weighted by atomic mass is 9.77. The number of aromatic nitrogens is 1. The van der Waals surface area contributed by atoms with Crippen LogP contribution in [-0.2, 0) is 21.7 Å². The summed E-state index contributed by atoms with van der Waals surface area (Å²) in [5, 5.41) is 0.755. The van der Waals surface area contributed by atoms with Crippen LogP contribution >= 0.6 is 22.9 Å². The molecule has 1 heterocycles. The van der Waals surface area contributed by atoms with E-state index in [4.69, 9.17) is 11.6 Å². The van der Waals surface area contributed by atoms with Gasteiger partial charge in [-0.05, 0) is 74.1 Å². The molecule has 0 aliphatic heterocycles. The fraction of sp³-hybridized carbons (Fsp3) is 0.462. The number of halogens is 2. The molecule has 0 aliphatic carbocycles. The molecule has 43 heavy (non-hydrogen) atoms. The van der Waals surface area contributed by atoms with Gasteiger partial charge in [-0.25, -0.2) is 0 Å². The summed E-state index contributed by atoms with van der Waals surface area (Å²) in [5.74, 6) is 0. The van der Waals surface area contributed by atoms with Crippen molar-refractivity contribution in [3.05, 3.63) is 91.9 Å². The van der Waals surface area contributed by atoms with E-state index in [0.29, 0.717) is 0 Å². The standard InChI is InChI=1S/C39H51ClNS.ClH/c1-24-25(2)42-23-41(24)35-33(26-15-28(36(3,4)5)19-29(16-26)37(6,7)8)21-32(40)22-34(35)27-17-30(38(9,10)11)20-31(18-27)39(12,13)14;/h15-23H,1-14H3;1H/q+1;/p-1. The van der Waals surface area contributed by atoms with Crippen LogP contribution in [0.3, 0.4) is 0 Å². The number of hydrogen-bond donors (Lipinski definition) is 0. The molecule has 0 saturated carbocycles. The lowest BCUT2D eigenvalue weighted by Crippen LogP contribution is -3.00. The van der Waals surface area contributed by atoms with Gasteiger partial charge in [0.25, 0.3) is 0 Å². The van der Waals surface area contributed by atoms with E-state index < -0.39 is 0 Å². The van der Waals surface area contributed by atoms with Crippen molar-refractivity contribution < 1.29 is 17.0 Å². The Morgan fingerprint density at radius 1 is 0.535 bits per heavy atom. The Bertz CT molecular complexity index is 1470. The predicted molar refractivity (Wildman–Crippen MR) is 186 cm³/mol. The number of nitrogens with zero attached hydrogens (tertiary/aromatic N) is 1. The minimum atomic E-state index is 0. The third kappa shape index (κ3) is 7.58. The number of benzene rings is 3. The van der Waals surface area contributed by atoms with E-state index in [1.165, 1.54) is 60.8 Å². The second-order valence-electron chi connectivity index (χ2n) is 16.2. The predicted octanol–water partition coefficient (Wildman–Crippen LogP) is 8.82. The summed E-state index contributed by atoms with van der Waals surface area (Å²) in [4.78, 5) is 1.32. The minimum absolute atomic E-state index is 0. The second-order valence-corrected chi connectivity index (χ2v) is 17.7. The van der Waals surface area contributed by atoms with Crippen molar-refractivity contribution in [3.8, 4) is 27.9 Å². The molecule has 0 unspecified atom stereocenters.